The lowest BCUT2D eigenvalue weighted by Gasteiger charge is -2.38. The molecule has 9 nitrogen and oxygen atoms in total. The average molecular weight is 518 g/mol. The van der Waals surface area contributed by atoms with Gasteiger partial charge in [0.15, 0.2) is 5.84 Å². The van der Waals surface area contributed by atoms with E-state index in [1.807, 2.05) is 42.6 Å². The molecule has 11 heteroatoms. The topological polar surface area (TPSA) is 99.9 Å². The molecule has 0 saturated carbocycles. The molecule has 0 aliphatic carbocycles. The van der Waals surface area contributed by atoms with Gasteiger partial charge in [0.25, 0.3) is 11.8 Å². The van der Waals surface area contributed by atoms with Crippen molar-refractivity contribution in [2.24, 2.45) is 17.0 Å². The quantitative estimate of drug-likeness (QED) is 0.412. The molecule has 194 valence electrons. The van der Waals surface area contributed by atoms with E-state index in [0.29, 0.717) is 30.2 Å². The number of anilines is 1. The molecule has 0 bridgehead atoms. The highest BCUT2D eigenvalue weighted by molar-refractivity contribution is 6.13. The number of hydrogen-bond donors (Lipinski definition) is 2. The number of carbonyl (C=O) groups is 1. The number of nitrogens with zero attached hydrogens (tertiary/aromatic N) is 5. The number of amides is 1. The SMILES string of the molecule is COc1cc(-c2cn[nH]c2)ccc1NC1=NC(c2ccc3cc(C(=O)N4CC(F)(F)C4)n(C)c3c2)=NCC1. The van der Waals surface area contributed by atoms with Gasteiger partial charge in [-0.25, -0.2) is 13.8 Å². The molecule has 0 spiro atoms. The van der Waals surface area contributed by atoms with Gasteiger partial charge in [-0.3, -0.25) is 14.9 Å². The summed E-state index contributed by atoms with van der Waals surface area (Å²) in [4.78, 5) is 23.3. The van der Waals surface area contributed by atoms with Gasteiger partial charge in [0.1, 0.15) is 17.3 Å². The molecule has 1 amide bonds. The fourth-order valence-corrected chi connectivity index (χ4v) is 4.76. The Morgan fingerprint density at radius 1 is 1.11 bits per heavy atom. The molecular formula is C27H25F2N7O2. The first-order chi connectivity index (χ1) is 18.3. The summed E-state index contributed by atoms with van der Waals surface area (Å²) >= 11 is 0. The number of alkyl halides is 2. The van der Waals surface area contributed by atoms with Crippen molar-refractivity contribution >= 4 is 34.2 Å². The van der Waals surface area contributed by atoms with Gasteiger partial charge in [-0.15, -0.1) is 0 Å². The number of nitrogens with one attached hydrogen (secondary N) is 2. The Labute approximate surface area is 216 Å². The number of aromatic amines is 1. The predicted octanol–water partition coefficient (Wildman–Crippen LogP) is 4.33. The number of aliphatic imine (C=N–C) groups is 2. The molecule has 1 saturated heterocycles. The van der Waals surface area contributed by atoms with Crippen LogP contribution in [0.2, 0.25) is 0 Å². The fraction of sp³-hybridized carbons (Fsp3) is 0.259. The number of hydrogen-bond acceptors (Lipinski definition) is 6. The molecule has 4 heterocycles. The summed E-state index contributed by atoms with van der Waals surface area (Å²) in [6.07, 6.45) is 4.21. The number of rotatable bonds is 5. The maximum atomic E-state index is 13.3. The number of H-pyrrole nitrogens is 1. The van der Waals surface area contributed by atoms with Crippen LogP contribution in [-0.2, 0) is 7.05 Å². The van der Waals surface area contributed by atoms with Crippen LogP contribution in [0.15, 0.2) is 64.8 Å². The molecule has 2 aromatic carbocycles. The lowest BCUT2D eigenvalue weighted by molar-refractivity contribution is -0.113. The van der Waals surface area contributed by atoms with Crippen molar-refractivity contribution < 1.29 is 18.3 Å². The minimum Gasteiger partial charge on any atom is -0.495 e. The minimum atomic E-state index is -2.80. The molecule has 2 aromatic heterocycles. The van der Waals surface area contributed by atoms with E-state index < -0.39 is 24.9 Å². The smallest absolute Gasteiger partial charge is 0.282 e. The van der Waals surface area contributed by atoms with E-state index in [2.05, 4.69) is 20.5 Å². The average Bonchev–Trinajstić information content (AvgIpc) is 3.56. The second kappa shape index (κ2) is 9.09. The summed E-state index contributed by atoms with van der Waals surface area (Å²) in [6.45, 7) is -0.526. The van der Waals surface area contributed by atoms with Crippen LogP contribution in [0.4, 0.5) is 14.5 Å². The monoisotopic (exact) mass is 517 g/mol. The van der Waals surface area contributed by atoms with Gasteiger partial charge in [-0.05, 0) is 29.8 Å². The van der Waals surface area contributed by atoms with Gasteiger partial charge in [-0.2, -0.15) is 5.10 Å². The fourth-order valence-electron chi connectivity index (χ4n) is 4.76. The number of carbonyl (C=O) groups excluding carboxylic acids is 1. The molecule has 2 N–H and O–H groups in total. The maximum absolute atomic E-state index is 13.3. The Balaban J connectivity index is 1.24. The summed E-state index contributed by atoms with van der Waals surface area (Å²) in [7, 11) is 3.38. The highest BCUT2D eigenvalue weighted by Gasteiger charge is 2.46. The second-order valence-corrected chi connectivity index (χ2v) is 9.42. The van der Waals surface area contributed by atoms with Crippen LogP contribution < -0.4 is 10.1 Å². The van der Waals surface area contributed by atoms with Crippen LogP contribution in [0.5, 0.6) is 5.75 Å². The molecule has 6 rings (SSSR count). The highest BCUT2D eigenvalue weighted by Crippen LogP contribution is 2.32. The summed E-state index contributed by atoms with van der Waals surface area (Å²) in [5, 5.41) is 11.0. The van der Waals surface area contributed by atoms with Crippen LogP contribution in [0, 0.1) is 0 Å². The number of methoxy groups -OCH3 is 1. The largest absolute Gasteiger partial charge is 0.495 e. The lowest BCUT2D eigenvalue weighted by atomic mass is 10.1. The van der Waals surface area contributed by atoms with Gasteiger partial charge in [0, 0.05) is 48.2 Å². The molecule has 2 aliphatic heterocycles. The van der Waals surface area contributed by atoms with E-state index in [0.717, 1.165) is 39.1 Å². The molecule has 4 aromatic rings. The number of aryl methyl sites for hydroxylation is 1. The van der Waals surface area contributed by atoms with Crippen molar-refractivity contribution in [2.75, 3.05) is 32.1 Å². The Bertz CT molecular complexity index is 1600. The van der Waals surface area contributed by atoms with Crippen LogP contribution in [0.3, 0.4) is 0 Å². The molecular weight excluding hydrogens is 492 g/mol. The molecule has 1 fully saturated rings. The van der Waals surface area contributed by atoms with E-state index in [-0.39, 0.29) is 0 Å². The van der Waals surface area contributed by atoms with E-state index in [1.54, 1.807) is 31.0 Å². The van der Waals surface area contributed by atoms with Crippen molar-refractivity contribution in [3.05, 3.63) is 66.1 Å². The van der Waals surface area contributed by atoms with Crippen LogP contribution in [0.1, 0.15) is 22.5 Å². The van der Waals surface area contributed by atoms with Crippen molar-refractivity contribution in [3.8, 4) is 16.9 Å². The van der Waals surface area contributed by atoms with Gasteiger partial charge in [0.2, 0.25) is 0 Å². The first-order valence-corrected chi connectivity index (χ1v) is 12.1. The van der Waals surface area contributed by atoms with Crippen molar-refractivity contribution in [1.29, 1.82) is 0 Å². The third kappa shape index (κ3) is 4.29. The third-order valence-corrected chi connectivity index (χ3v) is 6.82. The van der Waals surface area contributed by atoms with Gasteiger partial charge in [0.05, 0.1) is 32.1 Å². The van der Waals surface area contributed by atoms with Crippen LogP contribution in [0.25, 0.3) is 22.0 Å². The molecule has 2 aliphatic rings. The Hall–Kier alpha value is -4.54. The van der Waals surface area contributed by atoms with E-state index >= 15 is 0 Å². The van der Waals surface area contributed by atoms with Gasteiger partial charge < -0.3 is 19.5 Å². The lowest BCUT2D eigenvalue weighted by Crippen LogP contribution is -2.58. The number of ether oxygens (including phenoxy) is 1. The van der Waals surface area contributed by atoms with Crippen LogP contribution in [-0.4, -0.2) is 69.9 Å². The van der Waals surface area contributed by atoms with Gasteiger partial charge >= 0.3 is 0 Å². The number of amidine groups is 2. The number of aromatic nitrogens is 3. The first kappa shape index (κ1) is 23.8. The zero-order valence-corrected chi connectivity index (χ0v) is 20.8. The standard InChI is InChI=1S/C27H25F2N7O2/c1-35-21-10-18(4-3-17(21)9-22(35)26(37)36-14-27(28,29)15-36)25-30-8-7-24(34-25)33-20-6-5-16(11-23(20)38-2)19-12-31-32-13-19/h3-6,9-13H,7-8,14-15H2,1-2H3,(H,31,32)(H,30,33,34). The van der Waals surface area contributed by atoms with E-state index in [1.165, 1.54) is 4.90 Å². The molecule has 0 unspecified atom stereocenters. The normalized spacial score (nSPS) is 16.6. The Morgan fingerprint density at radius 3 is 2.66 bits per heavy atom. The number of likely N-dealkylation sites (tertiary alicyclic amines) is 1. The second-order valence-electron chi connectivity index (χ2n) is 9.42. The first-order valence-electron chi connectivity index (χ1n) is 12.1. The predicted molar refractivity (Wildman–Crippen MR) is 141 cm³/mol. The molecule has 0 atom stereocenters. The number of halogens is 2. The summed E-state index contributed by atoms with van der Waals surface area (Å²) in [5.74, 6) is -1.19. The maximum Gasteiger partial charge on any atom is 0.282 e. The van der Waals surface area contributed by atoms with Crippen LogP contribution >= 0.6 is 0 Å². The summed E-state index contributed by atoms with van der Waals surface area (Å²) in [5.41, 5.74) is 4.70. The third-order valence-electron chi connectivity index (χ3n) is 6.82. The van der Waals surface area contributed by atoms with Crippen molar-refractivity contribution in [2.45, 2.75) is 12.3 Å². The summed E-state index contributed by atoms with van der Waals surface area (Å²) in [6, 6.07) is 13.3. The number of fused-ring (bicyclic) bond motifs is 1. The van der Waals surface area contributed by atoms with E-state index in [9.17, 15) is 13.6 Å². The molecule has 0 radical (unpaired) electrons. The number of benzene rings is 2. The minimum absolute atomic E-state index is 0.370. The van der Waals surface area contributed by atoms with Crippen molar-refractivity contribution in [1.82, 2.24) is 19.7 Å². The zero-order valence-electron chi connectivity index (χ0n) is 20.8. The highest BCUT2D eigenvalue weighted by atomic mass is 19.3. The van der Waals surface area contributed by atoms with Crippen molar-refractivity contribution in [3.63, 3.8) is 0 Å². The Kier molecular flexibility index (Phi) is 5.70. The zero-order chi connectivity index (χ0) is 26.4. The van der Waals surface area contributed by atoms with E-state index in [4.69, 9.17) is 9.73 Å². The Morgan fingerprint density at radius 2 is 1.92 bits per heavy atom. The van der Waals surface area contributed by atoms with Gasteiger partial charge in [-0.1, -0.05) is 18.2 Å². The molecule has 38 heavy (non-hydrogen) atoms. The summed E-state index contributed by atoms with van der Waals surface area (Å²) < 4.78 is 33.9.